The molecule has 0 aliphatic rings. The van der Waals surface area contributed by atoms with Gasteiger partial charge in [-0.25, -0.2) is 14.4 Å². The fourth-order valence-electron chi connectivity index (χ4n) is 3.73. The fraction of sp³-hybridized carbons (Fsp3) is 0.222. The standard InChI is InChI=1S/C27H25NO6/c1-16(2)23(28-27(31)32-15-18-9-5-4-6-10-18)26(30)33-22-14-13-20-19-11-7-8-12-21(19)25(29)34-24(20)17(22)3/h4-14,16,23H,15H2,1-3H3,(H,28,31). The quantitative estimate of drug-likeness (QED) is 0.186. The highest BCUT2D eigenvalue weighted by Gasteiger charge is 2.28. The van der Waals surface area contributed by atoms with Crippen LogP contribution in [0.25, 0.3) is 21.7 Å². The van der Waals surface area contributed by atoms with Crippen LogP contribution in [0.3, 0.4) is 0 Å². The zero-order chi connectivity index (χ0) is 24.2. The van der Waals surface area contributed by atoms with Crippen LogP contribution in [-0.4, -0.2) is 18.1 Å². The molecule has 0 radical (unpaired) electrons. The summed E-state index contributed by atoms with van der Waals surface area (Å²) >= 11 is 0. The number of hydrogen-bond acceptors (Lipinski definition) is 6. The van der Waals surface area contributed by atoms with Gasteiger partial charge in [0, 0.05) is 10.9 Å². The lowest BCUT2D eigenvalue weighted by atomic mass is 10.0. The first-order valence-electron chi connectivity index (χ1n) is 11.0. The molecule has 0 fully saturated rings. The molecule has 4 rings (SSSR count). The van der Waals surface area contributed by atoms with E-state index in [4.69, 9.17) is 13.9 Å². The van der Waals surface area contributed by atoms with Gasteiger partial charge in [0.15, 0.2) is 0 Å². The molecule has 1 amide bonds. The van der Waals surface area contributed by atoms with Crippen molar-refractivity contribution < 1.29 is 23.5 Å². The van der Waals surface area contributed by atoms with Gasteiger partial charge in [-0.1, -0.05) is 62.4 Å². The van der Waals surface area contributed by atoms with Crippen molar-refractivity contribution in [3.05, 3.63) is 88.3 Å². The van der Waals surface area contributed by atoms with Crippen molar-refractivity contribution in [2.45, 2.75) is 33.4 Å². The Balaban J connectivity index is 1.53. The van der Waals surface area contributed by atoms with Crippen LogP contribution in [0.2, 0.25) is 0 Å². The number of aryl methyl sites for hydroxylation is 1. The molecule has 0 saturated heterocycles. The first-order valence-corrected chi connectivity index (χ1v) is 11.0. The molecule has 0 bridgehead atoms. The number of fused-ring (bicyclic) bond motifs is 3. The normalized spacial score (nSPS) is 12.0. The second kappa shape index (κ2) is 9.79. The monoisotopic (exact) mass is 459 g/mol. The number of esters is 1. The summed E-state index contributed by atoms with van der Waals surface area (Å²) in [7, 11) is 0. The van der Waals surface area contributed by atoms with Gasteiger partial charge in [0.05, 0.1) is 5.39 Å². The van der Waals surface area contributed by atoms with Gasteiger partial charge < -0.3 is 19.2 Å². The highest BCUT2D eigenvalue weighted by molar-refractivity contribution is 6.05. The maximum absolute atomic E-state index is 12.9. The van der Waals surface area contributed by atoms with Crippen molar-refractivity contribution in [1.29, 1.82) is 0 Å². The van der Waals surface area contributed by atoms with E-state index in [2.05, 4.69) is 5.32 Å². The third-order valence-electron chi connectivity index (χ3n) is 5.61. The van der Waals surface area contributed by atoms with Crippen molar-refractivity contribution in [3.63, 3.8) is 0 Å². The number of carbonyl (C=O) groups is 2. The van der Waals surface area contributed by atoms with Crippen molar-refractivity contribution in [1.82, 2.24) is 5.32 Å². The summed E-state index contributed by atoms with van der Waals surface area (Å²) in [5.41, 5.74) is 1.24. The highest BCUT2D eigenvalue weighted by Crippen LogP contribution is 2.31. The van der Waals surface area contributed by atoms with E-state index in [1.807, 2.05) is 42.5 Å². The van der Waals surface area contributed by atoms with Gasteiger partial charge in [-0.2, -0.15) is 0 Å². The molecular formula is C27H25NO6. The number of hydrogen-bond donors (Lipinski definition) is 1. The molecule has 1 heterocycles. The SMILES string of the molecule is Cc1c(OC(=O)C(NC(=O)OCc2ccccc2)C(C)C)ccc2c1oc(=O)c1ccccc12. The zero-order valence-electron chi connectivity index (χ0n) is 19.2. The van der Waals surface area contributed by atoms with E-state index in [1.54, 1.807) is 45.0 Å². The van der Waals surface area contributed by atoms with Gasteiger partial charge in [-0.05, 0) is 42.0 Å². The topological polar surface area (TPSA) is 94.8 Å². The molecule has 0 aliphatic heterocycles. The Kier molecular flexibility index (Phi) is 6.63. The van der Waals surface area contributed by atoms with Crippen LogP contribution in [0.4, 0.5) is 4.79 Å². The molecule has 0 aliphatic carbocycles. The van der Waals surface area contributed by atoms with Crippen LogP contribution in [-0.2, 0) is 16.1 Å². The highest BCUT2D eigenvalue weighted by atomic mass is 16.6. The molecule has 1 atom stereocenters. The van der Waals surface area contributed by atoms with Gasteiger partial charge in [-0.15, -0.1) is 0 Å². The fourth-order valence-corrected chi connectivity index (χ4v) is 3.73. The maximum Gasteiger partial charge on any atom is 0.408 e. The summed E-state index contributed by atoms with van der Waals surface area (Å²) in [6.07, 6.45) is -0.716. The first-order chi connectivity index (χ1) is 16.3. The Morgan fingerprint density at radius 3 is 2.29 bits per heavy atom. The average Bonchev–Trinajstić information content (AvgIpc) is 2.84. The Hall–Kier alpha value is -4.13. The van der Waals surface area contributed by atoms with Gasteiger partial charge in [-0.3, -0.25) is 0 Å². The Bertz CT molecular complexity index is 1410. The van der Waals surface area contributed by atoms with Crippen LogP contribution in [0.15, 0.2) is 75.9 Å². The molecule has 7 heteroatoms. The second-order valence-electron chi connectivity index (χ2n) is 8.35. The van der Waals surface area contributed by atoms with E-state index in [1.165, 1.54) is 0 Å². The predicted octanol–water partition coefficient (Wildman–Crippen LogP) is 5.11. The van der Waals surface area contributed by atoms with Crippen molar-refractivity contribution in [2.75, 3.05) is 0 Å². The number of benzene rings is 3. The van der Waals surface area contributed by atoms with Gasteiger partial charge >= 0.3 is 17.7 Å². The van der Waals surface area contributed by atoms with E-state index in [9.17, 15) is 14.4 Å². The summed E-state index contributed by atoms with van der Waals surface area (Å²) < 4.78 is 16.4. The number of amides is 1. The molecule has 34 heavy (non-hydrogen) atoms. The van der Waals surface area contributed by atoms with Crippen LogP contribution in [0.1, 0.15) is 25.0 Å². The van der Waals surface area contributed by atoms with E-state index in [0.29, 0.717) is 16.5 Å². The summed E-state index contributed by atoms with van der Waals surface area (Å²) in [5.74, 6) is -0.641. The summed E-state index contributed by atoms with van der Waals surface area (Å²) in [6, 6.07) is 18.9. The van der Waals surface area contributed by atoms with E-state index in [0.717, 1.165) is 16.3 Å². The number of nitrogens with one attached hydrogen (secondary N) is 1. The van der Waals surface area contributed by atoms with Crippen molar-refractivity contribution in [2.24, 2.45) is 5.92 Å². The smallest absolute Gasteiger partial charge is 0.408 e. The molecule has 7 nitrogen and oxygen atoms in total. The van der Waals surface area contributed by atoms with Crippen molar-refractivity contribution >= 4 is 33.8 Å². The molecule has 1 aromatic heterocycles. The Labute approximate surface area is 196 Å². The predicted molar refractivity (Wildman–Crippen MR) is 129 cm³/mol. The summed E-state index contributed by atoms with van der Waals surface area (Å²) in [6.45, 7) is 5.39. The Morgan fingerprint density at radius 1 is 0.912 bits per heavy atom. The third-order valence-corrected chi connectivity index (χ3v) is 5.61. The van der Waals surface area contributed by atoms with Crippen LogP contribution >= 0.6 is 0 Å². The molecular weight excluding hydrogens is 434 g/mol. The second-order valence-corrected chi connectivity index (χ2v) is 8.35. The lowest BCUT2D eigenvalue weighted by Crippen LogP contribution is -2.46. The number of carbonyl (C=O) groups excluding carboxylic acids is 2. The molecule has 0 spiro atoms. The maximum atomic E-state index is 12.9. The first kappa shape index (κ1) is 23.0. The zero-order valence-corrected chi connectivity index (χ0v) is 19.2. The number of rotatable bonds is 6. The van der Waals surface area contributed by atoms with Gasteiger partial charge in [0.2, 0.25) is 0 Å². The van der Waals surface area contributed by atoms with Crippen LogP contribution in [0, 0.1) is 12.8 Å². The van der Waals surface area contributed by atoms with Gasteiger partial charge in [0.25, 0.3) is 0 Å². The van der Waals surface area contributed by atoms with E-state index in [-0.39, 0.29) is 18.3 Å². The summed E-state index contributed by atoms with van der Waals surface area (Å²) in [4.78, 5) is 37.7. The van der Waals surface area contributed by atoms with Gasteiger partial charge in [0.1, 0.15) is 24.0 Å². The Morgan fingerprint density at radius 2 is 1.59 bits per heavy atom. The average molecular weight is 459 g/mol. The van der Waals surface area contributed by atoms with E-state index >= 15 is 0 Å². The molecule has 0 saturated carbocycles. The number of alkyl carbamates (subject to hydrolysis) is 1. The number of ether oxygens (including phenoxy) is 2. The molecule has 4 aromatic rings. The van der Waals surface area contributed by atoms with Crippen molar-refractivity contribution in [3.8, 4) is 5.75 Å². The molecule has 3 aromatic carbocycles. The summed E-state index contributed by atoms with van der Waals surface area (Å²) in [5, 5.41) is 4.58. The molecule has 174 valence electrons. The largest absolute Gasteiger partial charge is 0.445 e. The van der Waals surface area contributed by atoms with E-state index < -0.39 is 23.7 Å². The molecule has 1 N–H and O–H groups in total. The minimum absolute atomic E-state index is 0.0866. The molecule has 1 unspecified atom stereocenters. The van der Waals surface area contributed by atoms with Crippen LogP contribution < -0.4 is 15.7 Å². The lowest BCUT2D eigenvalue weighted by Gasteiger charge is -2.21. The lowest BCUT2D eigenvalue weighted by molar-refractivity contribution is -0.137. The van der Waals surface area contributed by atoms with Crippen LogP contribution in [0.5, 0.6) is 5.75 Å². The minimum Gasteiger partial charge on any atom is -0.445 e. The third kappa shape index (κ3) is 4.78. The minimum atomic E-state index is -0.929.